The molecule has 0 bridgehead atoms. The van der Waals surface area contributed by atoms with Crippen LogP contribution in [0.1, 0.15) is 51.2 Å². The number of ether oxygens (including phenoxy) is 1. The van der Waals surface area contributed by atoms with Crippen LogP contribution in [0.15, 0.2) is 17.2 Å². The van der Waals surface area contributed by atoms with Gasteiger partial charge in [-0.2, -0.15) is 5.10 Å². The Bertz CT molecular complexity index is 608. The molecule has 0 saturated carbocycles. The lowest BCUT2D eigenvalue weighted by Gasteiger charge is -2.45. The van der Waals surface area contributed by atoms with Crippen molar-refractivity contribution in [2.24, 2.45) is 5.10 Å². The Morgan fingerprint density at radius 2 is 2.18 bits per heavy atom. The number of methoxy groups -OCH3 is 1. The third kappa shape index (κ3) is 3.08. The fourth-order valence-electron chi connectivity index (χ4n) is 3.08. The number of hydrogen-bond donors (Lipinski definition) is 1. The molecule has 1 aliphatic rings. The molecule has 120 valence electrons. The van der Waals surface area contributed by atoms with E-state index in [1.807, 2.05) is 0 Å². The molecule has 1 aromatic carbocycles. The fourth-order valence-corrected chi connectivity index (χ4v) is 3.08. The van der Waals surface area contributed by atoms with E-state index in [1.165, 1.54) is 18.2 Å². The van der Waals surface area contributed by atoms with E-state index in [1.54, 1.807) is 13.3 Å². The lowest BCUT2D eigenvalue weighted by Crippen LogP contribution is -2.45. The number of nitrogens with zero attached hydrogens (tertiary/aromatic N) is 2. The van der Waals surface area contributed by atoms with Crippen LogP contribution in [0.5, 0.6) is 5.75 Å². The first-order chi connectivity index (χ1) is 10.3. The third-order valence-electron chi connectivity index (χ3n) is 4.41. The summed E-state index contributed by atoms with van der Waals surface area (Å²) < 4.78 is 5.49. The Balaban J connectivity index is 2.46. The van der Waals surface area contributed by atoms with Crippen molar-refractivity contribution in [1.29, 1.82) is 0 Å². The molecule has 5 heteroatoms. The number of fused-ring (bicyclic) bond motifs is 1. The highest BCUT2D eigenvalue weighted by Crippen LogP contribution is 2.44. The SMILES string of the molecule is COc1cc2c(cc1/C=N\NC(C)=O)C(C)CC(C)(C)N2C. The van der Waals surface area contributed by atoms with Crippen LogP contribution < -0.4 is 15.1 Å². The molecule has 2 rings (SSSR count). The van der Waals surface area contributed by atoms with Gasteiger partial charge >= 0.3 is 0 Å². The van der Waals surface area contributed by atoms with Crippen molar-refractivity contribution in [3.8, 4) is 5.75 Å². The topological polar surface area (TPSA) is 53.9 Å². The molecule has 0 fully saturated rings. The second-order valence-corrected chi connectivity index (χ2v) is 6.56. The monoisotopic (exact) mass is 303 g/mol. The minimum absolute atomic E-state index is 0.114. The average Bonchev–Trinajstić information content (AvgIpc) is 2.43. The average molecular weight is 303 g/mol. The second kappa shape index (κ2) is 5.99. The molecule has 5 nitrogen and oxygen atoms in total. The zero-order valence-corrected chi connectivity index (χ0v) is 14.2. The summed E-state index contributed by atoms with van der Waals surface area (Å²) in [5, 5.41) is 3.95. The molecule has 0 aromatic heterocycles. The number of nitrogens with one attached hydrogen (secondary N) is 1. The van der Waals surface area contributed by atoms with E-state index in [0.29, 0.717) is 5.92 Å². The van der Waals surface area contributed by atoms with Crippen LogP contribution in [0.2, 0.25) is 0 Å². The van der Waals surface area contributed by atoms with Crippen LogP contribution in [0.4, 0.5) is 5.69 Å². The minimum atomic E-state index is -0.192. The van der Waals surface area contributed by atoms with Gasteiger partial charge in [-0.1, -0.05) is 6.92 Å². The lowest BCUT2D eigenvalue weighted by molar-refractivity contribution is -0.118. The highest BCUT2D eigenvalue weighted by Gasteiger charge is 2.34. The Morgan fingerprint density at radius 1 is 1.50 bits per heavy atom. The molecule has 0 saturated heterocycles. The molecular formula is C17H25N3O2. The number of anilines is 1. The summed E-state index contributed by atoms with van der Waals surface area (Å²) in [7, 11) is 3.77. The summed E-state index contributed by atoms with van der Waals surface area (Å²) in [6.07, 6.45) is 2.72. The number of carbonyl (C=O) groups excluding carboxylic acids is 1. The number of amides is 1. The van der Waals surface area contributed by atoms with E-state index in [4.69, 9.17) is 4.74 Å². The summed E-state index contributed by atoms with van der Waals surface area (Å²) in [6.45, 7) is 8.19. The standard InChI is InChI=1S/C17H25N3O2/c1-11-9-17(3,4)20(5)15-8-16(22-6)13(7-14(11)15)10-18-19-12(2)21/h7-8,10-11H,9H2,1-6H3,(H,19,21)/b18-10-. The summed E-state index contributed by atoms with van der Waals surface area (Å²) in [4.78, 5) is 13.2. The fraction of sp³-hybridized carbons (Fsp3) is 0.529. The van der Waals surface area contributed by atoms with Gasteiger partial charge in [0.15, 0.2) is 0 Å². The molecular weight excluding hydrogens is 278 g/mol. The first kappa shape index (κ1) is 16.3. The minimum Gasteiger partial charge on any atom is -0.496 e. The molecule has 1 aliphatic heterocycles. The highest BCUT2D eigenvalue weighted by atomic mass is 16.5. The molecule has 1 atom stereocenters. The quantitative estimate of drug-likeness (QED) is 0.690. The summed E-state index contributed by atoms with van der Waals surface area (Å²) in [6, 6.07) is 4.16. The molecule has 1 aromatic rings. The maximum Gasteiger partial charge on any atom is 0.236 e. The van der Waals surface area contributed by atoms with Crippen molar-refractivity contribution in [2.75, 3.05) is 19.1 Å². The predicted molar refractivity (Wildman–Crippen MR) is 89.9 cm³/mol. The number of hydrazone groups is 1. The van der Waals surface area contributed by atoms with Gasteiger partial charge in [0.05, 0.1) is 13.3 Å². The number of hydrogen-bond acceptors (Lipinski definition) is 4. The van der Waals surface area contributed by atoms with Crippen LogP contribution in [0, 0.1) is 0 Å². The largest absolute Gasteiger partial charge is 0.496 e. The van der Waals surface area contributed by atoms with E-state index >= 15 is 0 Å². The smallest absolute Gasteiger partial charge is 0.236 e. The van der Waals surface area contributed by atoms with Gasteiger partial charge in [-0.15, -0.1) is 0 Å². The van der Waals surface area contributed by atoms with Gasteiger partial charge < -0.3 is 9.64 Å². The van der Waals surface area contributed by atoms with Gasteiger partial charge in [0, 0.05) is 36.8 Å². The maximum absolute atomic E-state index is 10.9. The number of rotatable bonds is 3. The van der Waals surface area contributed by atoms with Gasteiger partial charge in [-0.05, 0) is 37.8 Å². The molecule has 0 aliphatic carbocycles. The molecule has 1 heterocycles. The summed E-state index contributed by atoms with van der Waals surface area (Å²) >= 11 is 0. The van der Waals surface area contributed by atoms with E-state index in [-0.39, 0.29) is 11.4 Å². The van der Waals surface area contributed by atoms with Crippen molar-refractivity contribution < 1.29 is 9.53 Å². The second-order valence-electron chi connectivity index (χ2n) is 6.56. The zero-order chi connectivity index (χ0) is 16.5. The third-order valence-corrected chi connectivity index (χ3v) is 4.41. The van der Waals surface area contributed by atoms with Crippen LogP contribution in [0.25, 0.3) is 0 Å². The number of carbonyl (C=O) groups is 1. The predicted octanol–water partition coefficient (Wildman–Crippen LogP) is 2.89. The van der Waals surface area contributed by atoms with Crippen LogP contribution >= 0.6 is 0 Å². The molecule has 0 spiro atoms. The van der Waals surface area contributed by atoms with Crippen LogP contribution in [-0.2, 0) is 4.79 Å². The van der Waals surface area contributed by atoms with Crippen molar-refractivity contribution in [2.45, 2.75) is 45.6 Å². The van der Waals surface area contributed by atoms with Gasteiger partial charge in [0.25, 0.3) is 0 Å². The lowest BCUT2D eigenvalue weighted by atomic mass is 9.80. The highest BCUT2D eigenvalue weighted by molar-refractivity contribution is 5.87. The molecule has 1 amide bonds. The molecule has 0 radical (unpaired) electrons. The van der Waals surface area contributed by atoms with E-state index < -0.39 is 0 Å². The molecule has 22 heavy (non-hydrogen) atoms. The zero-order valence-electron chi connectivity index (χ0n) is 14.2. The van der Waals surface area contributed by atoms with Gasteiger partial charge in [-0.25, -0.2) is 5.43 Å². The van der Waals surface area contributed by atoms with Gasteiger partial charge in [0.1, 0.15) is 5.75 Å². The van der Waals surface area contributed by atoms with Crippen LogP contribution in [0.3, 0.4) is 0 Å². The van der Waals surface area contributed by atoms with Crippen molar-refractivity contribution in [3.05, 3.63) is 23.3 Å². The Labute approximate surface area is 132 Å². The van der Waals surface area contributed by atoms with Gasteiger partial charge in [-0.3, -0.25) is 4.79 Å². The number of benzene rings is 1. The van der Waals surface area contributed by atoms with E-state index in [0.717, 1.165) is 17.7 Å². The summed E-state index contributed by atoms with van der Waals surface area (Å²) in [5.74, 6) is 1.02. The summed E-state index contributed by atoms with van der Waals surface area (Å²) in [5.41, 5.74) is 5.88. The first-order valence-corrected chi connectivity index (χ1v) is 7.51. The Kier molecular flexibility index (Phi) is 4.44. The van der Waals surface area contributed by atoms with Crippen molar-refractivity contribution >= 4 is 17.8 Å². The van der Waals surface area contributed by atoms with Crippen molar-refractivity contribution in [1.82, 2.24) is 5.43 Å². The van der Waals surface area contributed by atoms with Crippen LogP contribution in [-0.4, -0.2) is 31.8 Å². The van der Waals surface area contributed by atoms with Gasteiger partial charge in [0.2, 0.25) is 5.91 Å². The maximum atomic E-state index is 10.9. The van der Waals surface area contributed by atoms with E-state index in [9.17, 15) is 4.79 Å². The molecule has 1 unspecified atom stereocenters. The Morgan fingerprint density at radius 3 is 2.77 bits per heavy atom. The van der Waals surface area contributed by atoms with Crippen molar-refractivity contribution in [3.63, 3.8) is 0 Å². The first-order valence-electron chi connectivity index (χ1n) is 7.51. The Hall–Kier alpha value is -2.04. The van der Waals surface area contributed by atoms with E-state index in [2.05, 4.69) is 55.4 Å². The normalized spacial score (nSPS) is 19.9. The molecule has 1 N–H and O–H groups in total.